The lowest BCUT2D eigenvalue weighted by Gasteiger charge is -2.33. The van der Waals surface area contributed by atoms with Crippen LogP contribution in [0.15, 0.2) is 231 Å². The van der Waals surface area contributed by atoms with Crippen molar-refractivity contribution in [3.05, 3.63) is 281 Å². The molecule has 1 heterocycles. The molecule has 0 amide bonds. The van der Waals surface area contributed by atoms with Crippen molar-refractivity contribution in [1.82, 2.24) is 0 Å². The molecule has 320 valence electrons. The van der Waals surface area contributed by atoms with Crippen LogP contribution in [0.1, 0.15) is 50.1 Å². The molecule has 16 rings (SSSR count). The minimum Gasteiger partial charge on any atom is -0.308 e. The van der Waals surface area contributed by atoms with Crippen LogP contribution in [-0.4, -0.2) is 0 Å². The van der Waals surface area contributed by atoms with Gasteiger partial charge in [0.05, 0.1) is 26.9 Å². The van der Waals surface area contributed by atoms with Gasteiger partial charge in [0.15, 0.2) is 0 Å². The van der Waals surface area contributed by atoms with Gasteiger partial charge in [0, 0.05) is 26.7 Å². The van der Waals surface area contributed by atoms with Crippen molar-refractivity contribution in [2.24, 2.45) is 0 Å². The Balaban J connectivity index is 1.04. The van der Waals surface area contributed by atoms with Gasteiger partial charge in [-0.15, -0.1) is 11.3 Å². The molecule has 2 heteroatoms. The number of anilines is 3. The van der Waals surface area contributed by atoms with Crippen LogP contribution in [0, 0.1) is 6.92 Å². The summed E-state index contributed by atoms with van der Waals surface area (Å²) in [5.74, 6) is 0. The van der Waals surface area contributed by atoms with Crippen molar-refractivity contribution >= 4 is 59.3 Å². The average Bonchev–Trinajstić information content (AvgIpc) is 4.19. The highest BCUT2D eigenvalue weighted by molar-refractivity contribution is 7.26. The number of thiophene rings is 1. The van der Waals surface area contributed by atoms with E-state index in [-0.39, 0.29) is 0 Å². The van der Waals surface area contributed by atoms with E-state index in [2.05, 4.69) is 242 Å². The van der Waals surface area contributed by atoms with Gasteiger partial charge in [-0.1, -0.05) is 200 Å². The molecule has 0 fully saturated rings. The summed E-state index contributed by atoms with van der Waals surface area (Å²) >= 11 is 1.94. The van der Waals surface area contributed by atoms with Crippen LogP contribution in [0.25, 0.3) is 75.5 Å². The Morgan fingerprint density at radius 2 is 0.768 bits per heavy atom. The highest BCUT2D eigenvalue weighted by atomic mass is 32.1. The predicted molar refractivity (Wildman–Crippen MR) is 289 cm³/mol. The lowest BCUT2D eigenvalue weighted by Crippen LogP contribution is -2.26. The highest BCUT2D eigenvalue weighted by Crippen LogP contribution is 2.67. The van der Waals surface area contributed by atoms with Crippen molar-refractivity contribution in [1.29, 1.82) is 0 Å². The largest absolute Gasteiger partial charge is 0.308 e. The monoisotopic (exact) mass is 891 g/mol. The predicted octanol–water partition coefficient (Wildman–Crippen LogP) is 17.7. The maximum Gasteiger partial charge on any atom is 0.0726 e. The van der Waals surface area contributed by atoms with Crippen LogP contribution in [0.3, 0.4) is 0 Å². The van der Waals surface area contributed by atoms with Crippen molar-refractivity contribution in [3.63, 3.8) is 0 Å². The first-order valence-corrected chi connectivity index (χ1v) is 25.0. The Bertz CT molecular complexity index is 4130. The third-order valence-electron chi connectivity index (χ3n) is 16.4. The lowest BCUT2D eigenvalue weighted by molar-refractivity contribution is 0.793. The minimum absolute atomic E-state index is 0.471. The Morgan fingerprint density at radius 1 is 0.333 bits per heavy atom. The van der Waals surface area contributed by atoms with Crippen molar-refractivity contribution in [2.45, 2.75) is 17.8 Å². The number of hydrogen-bond donors (Lipinski definition) is 0. The molecule has 0 unspecified atom stereocenters. The first-order chi connectivity index (χ1) is 34.2. The Morgan fingerprint density at radius 3 is 1.36 bits per heavy atom. The summed E-state index contributed by atoms with van der Waals surface area (Å²) < 4.78 is 2.64. The molecule has 69 heavy (non-hydrogen) atoms. The van der Waals surface area contributed by atoms with Gasteiger partial charge in [-0.05, 0) is 137 Å². The normalized spacial score (nSPS) is 14.4. The second-order valence-electron chi connectivity index (χ2n) is 19.4. The summed E-state index contributed by atoms with van der Waals surface area (Å²) in [5, 5.41) is 5.23. The molecule has 4 aliphatic rings. The fourth-order valence-electron chi connectivity index (χ4n) is 13.9. The summed E-state index contributed by atoms with van der Waals surface area (Å²) in [5.41, 5.74) is 25.1. The Kier molecular flexibility index (Phi) is 7.36. The summed E-state index contributed by atoms with van der Waals surface area (Å²) in [6, 6.07) is 87.9. The number of benzene rings is 11. The zero-order valence-corrected chi connectivity index (χ0v) is 38.6. The van der Waals surface area contributed by atoms with Gasteiger partial charge in [-0.25, -0.2) is 0 Å². The van der Waals surface area contributed by atoms with Crippen molar-refractivity contribution in [2.75, 3.05) is 4.90 Å². The molecule has 0 saturated heterocycles. The summed E-state index contributed by atoms with van der Waals surface area (Å²) in [4.78, 5) is 2.64. The average molecular weight is 892 g/mol. The lowest BCUT2D eigenvalue weighted by atomic mass is 9.70. The quantitative estimate of drug-likeness (QED) is 0.171. The van der Waals surface area contributed by atoms with E-state index >= 15 is 0 Å². The maximum absolute atomic E-state index is 2.64. The third-order valence-corrected chi connectivity index (χ3v) is 17.7. The van der Waals surface area contributed by atoms with Gasteiger partial charge in [-0.2, -0.15) is 0 Å². The standard InChI is InChI=1S/C67H41NS/c1-40-38-41-18-2-3-19-43(41)62-51-26-16-35-61(65(51)69-64(40)62)68(42-36-37-49-48-24-8-14-31-56(48)67(59(49)39-42)54-29-12-6-22-46(54)47-23-7-13-30-55(47)67)60-34-17-33-58-63(60)50-25-9-15-32-57(50)66(58)52-27-10-4-20-44(52)45-21-5-11-28-53(45)66/h2-39H,1H3. The van der Waals surface area contributed by atoms with E-state index in [1.165, 1.54) is 137 Å². The first-order valence-electron chi connectivity index (χ1n) is 24.2. The topological polar surface area (TPSA) is 3.24 Å². The molecule has 11 aromatic carbocycles. The SMILES string of the molecule is Cc1cc2ccccc2c2c1sc1c(N(c3ccc4c(c3)C3(c5ccccc5-c5ccccc53)c3ccccc3-4)c3cccc4c3-c3ccccc3C43c4ccccc4-c4ccccc43)cccc12. The Hall–Kier alpha value is -8.30. The molecule has 0 N–H and O–H groups in total. The second kappa shape index (κ2) is 13.4. The van der Waals surface area contributed by atoms with Crippen molar-refractivity contribution in [3.8, 4) is 44.5 Å². The van der Waals surface area contributed by atoms with Gasteiger partial charge in [0.2, 0.25) is 0 Å². The van der Waals surface area contributed by atoms with Gasteiger partial charge in [0.25, 0.3) is 0 Å². The number of aryl methyl sites for hydroxylation is 1. The summed E-state index contributed by atoms with van der Waals surface area (Å²) in [6.07, 6.45) is 0. The van der Waals surface area contributed by atoms with Crippen molar-refractivity contribution < 1.29 is 0 Å². The molecule has 0 bridgehead atoms. The molecule has 0 aliphatic heterocycles. The highest BCUT2D eigenvalue weighted by Gasteiger charge is 2.54. The third kappa shape index (κ3) is 4.52. The van der Waals surface area contributed by atoms with Crippen LogP contribution in [0.5, 0.6) is 0 Å². The molecular weight excluding hydrogens is 851 g/mol. The number of hydrogen-bond acceptors (Lipinski definition) is 2. The zero-order chi connectivity index (χ0) is 45.2. The van der Waals surface area contributed by atoms with Crippen LogP contribution >= 0.6 is 11.3 Å². The molecule has 12 aromatic rings. The van der Waals surface area contributed by atoms with E-state index < -0.39 is 10.8 Å². The van der Waals surface area contributed by atoms with Gasteiger partial charge < -0.3 is 4.90 Å². The van der Waals surface area contributed by atoms with E-state index in [1.54, 1.807) is 0 Å². The molecule has 0 atom stereocenters. The summed E-state index contributed by atoms with van der Waals surface area (Å²) in [6.45, 7) is 2.29. The fraction of sp³-hybridized carbons (Fsp3) is 0.0448. The van der Waals surface area contributed by atoms with E-state index in [0.29, 0.717) is 0 Å². The Labute approximate surface area is 404 Å². The summed E-state index contributed by atoms with van der Waals surface area (Å²) in [7, 11) is 0. The van der Waals surface area contributed by atoms with Gasteiger partial charge in [-0.3, -0.25) is 0 Å². The van der Waals surface area contributed by atoms with E-state index in [0.717, 1.165) is 5.69 Å². The van der Waals surface area contributed by atoms with Gasteiger partial charge in [0.1, 0.15) is 0 Å². The molecule has 1 nitrogen and oxygen atoms in total. The number of nitrogens with zero attached hydrogens (tertiary/aromatic N) is 1. The molecule has 2 spiro atoms. The molecule has 0 saturated carbocycles. The number of rotatable bonds is 3. The van der Waals surface area contributed by atoms with Crippen LogP contribution in [-0.2, 0) is 10.8 Å². The minimum atomic E-state index is -0.479. The smallest absolute Gasteiger partial charge is 0.0726 e. The molecular formula is C67H41NS. The zero-order valence-electron chi connectivity index (χ0n) is 37.8. The second-order valence-corrected chi connectivity index (χ2v) is 20.4. The molecule has 4 aliphatic carbocycles. The molecule has 0 radical (unpaired) electrons. The van der Waals surface area contributed by atoms with Crippen LogP contribution in [0.4, 0.5) is 17.1 Å². The van der Waals surface area contributed by atoms with E-state index in [9.17, 15) is 0 Å². The van der Waals surface area contributed by atoms with E-state index in [4.69, 9.17) is 0 Å². The van der Waals surface area contributed by atoms with Crippen LogP contribution < -0.4 is 4.90 Å². The van der Waals surface area contributed by atoms with Gasteiger partial charge >= 0.3 is 0 Å². The van der Waals surface area contributed by atoms with Crippen LogP contribution in [0.2, 0.25) is 0 Å². The molecule has 1 aromatic heterocycles. The van der Waals surface area contributed by atoms with E-state index in [1.807, 2.05) is 11.3 Å². The fourth-order valence-corrected chi connectivity index (χ4v) is 15.2. The number of fused-ring (bicyclic) bond motifs is 25. The maximum atomic E-state index is 2.64. The first kappa shape index (κ1) is 37.8.